The maximum absolute atomic E-state index is 5.76. The van der Waals surface area contributed by atoms with Crippen molar-refractivity contribution < 1.29 is 0 Å². The highest BCUT2D eigenvalue weighted by Crippen LogP contribution is 2.05. The van der Waals surface area contributed by atoms with Crippen molar-refractivity contribution in [3.8, 4) is 0 Å². The number of pyridine rings is 1. The molecule has 0 aliphatic heterocycles. The zero-order valence-corrected chi connectivity index (χ0v) is 15.5. The molecule has 8 heteroatoms. The van der Waals surface area contributed by atoms with E-state index in [9.17, 15) is 0 Å². The molecule has 2 heterocycles. The molecule has 0 aromatic carbocycles. The summed E-state index contributed by atoms with van der Waals surface area (Å²) in [5.74, 6) is 0.789. The highest BCUT2D eigenvalue weighted by Gasteiger charge is 1.98. The van der Waals surface area contributed by atoms with Crippen molar-refractivity contribution in [2.75, 3.05) is 20.1 Å². The lowest BCUT2D eigenvalue weighted by Gasteiger charge is -2.12. The summed E-state index contributed by atoms with van der Waals surface area (Å²) in [6.07, 6.45) is 8.16. The fourth-order valence-corrected chi connectivity index (χ4v) is 1.93. The van der Waals surface area contributed by atoms with Crippen molar-refractivity contribution in [2.24, 2.45) is 4.99 Å². The lowest BCUT2D eigenvalue weighted by atomic mass is 10.2. The SMILES string of the molecule is CN=C(NCCc1ccc(Cl)nc1)NCCn1ccnc1.I. The van der Waals surface area contributed by atoms with Crippen molar-refractivity contribution in [3.63, 3.8) is 0 Å². The fraction of sp³-hybridized carbons (Fsp3) is 0.357. The number of aromatic nitrogens is 3. The summed E-state index contributed by atoms with van der Waals surface area (Å²) in [4.78, 5) is 12.2. The van der Waals surface area contributed by atoms with Gasteiger partial charge in [0.1, 0.15) is 5.15 Å². The smallest absolute Gasteiger partial charge is 0.191 e. The predicted molar refractivity (Wildman–Crippen MR) is 100.0 cm³/mol. The first-order valence-electron chi connectivity index (χ1n) is 6.78. The molecule has 120 valence electrons. The first-order valence-corrected chi connectivity index (χ1v) is 7.16. The van der Waals surface area contributed by atoms with Gasteiger partial charge in [0, 0.05) is 45.3 Å². The summed E-state index contributed by atoms with van der Waals surface area (Å²) < 4.78 is 2.01. The molecule has 0 unspecified atom stereocenters. The van der Waals surface area contributed by atoms with Crippen molar-refractivity contribution in [2.45, 2.75) is 13.0 Å². The van der Waals surface area contributed by atoms with Crippen LogP contribution in [-0.4, -0.2) is 40.6 Å². The highest BCUT2D eigenvalue weighted by molar-refractivity contribution is 14.0. The number of halogens is 2. The van der Waals surface area contributed by atoms with Crippen LogP contribution in [0.2, 0.25) is 5.15 Å². The molecular weight excluding hydrogens is 415 g/mol. The Hall–Kier alpha value is -1.35. The van der Waals surface area contributed by atoms with Gasteiger partial charge in [-0.2, -0.15) is 0 Å². The largest absolute Gasteiger partial charge is 0.356 e. The lowest BCUT2D eigenvalue weighted by Crippen LogP contribution is -2.39. The minimum absolute atomic E-state index is 0. The Morgan fingerprint density at radius 2 is 2.14 bits per heavy atom. The quantitative estimate of drug-likeness (QED) is 0.316. The number of guanidine groups is 1. The summed E-state index contributed by atoms with van der Waals surface area (Å²) in [7, 11) is 1.76. The second-order valence-electron chi connectivity index (χ2n) is 4.47. The van der Waals surface area contributed by atoms with Crippen LogP contribution < -0.4 is 10.6 Å². The fourth-order valence-electron chi connectivity index (χ4n) is 1.82. The van der Waals surface area contributed by atoms with Crippen LogP contribution in [0.1, 0.15) is 5.56 Å². The summed E-state index contributed by atoms with van der Waals surface area (Å²) >= 11 is 5.76. The number of imidazole rings is 1. The standard InChI is InChI=1S/C14H19ClN6.HI/c1-16-14(19-7-9-21-8-6-17-11-21)18-5-4-12-2-3-13(15)20-10-12;/h2-3,6,8,10-11H,4-5,7,9H2,1H3,(H2,16,18,19);1H. The number of aliphatic imine (C=N–C) groups is 1. The minimum Gasteiger partial charge on any atom is -0.356 e. The van der Waals surface area contributed by atoms with E-state index in [1.165, 1.54) is 0 Å². The van der Waals surface area contributed by atoms with Gasteiger partial charge in [-0.25, -0.2) is 9.97 Å². The Balaban J connectivity index is 0.00000242. The summed E-state index contributed by atoms with van der Waals surface area (Å²) in [6.45, 7) is 2.42. The van der Waals surface area contributed by atoms with E-state index in [0.717, 1.165) is 37.6 Å². The normalized spacial score (nSPS) is 10.9. The molecule has 0 saturated carbocycles. The van der Waals surface area contributed by atoms with Crippen LogP contribution in [0.4, 0.5) is 0 Å². The Bertz CT molecular complexity index is 555. The van der Waals surface area contributed by atoms with E-state index in [1.54, 1.807) is 31.8 Å². The minimum atomic E-state index is 0. The summed E-state index contributed by atoms with van der Waals surface area (Å²) in [5.41, 5.74) is 1.14. The van der Waals surface area contributed by atoms with Crippen LogP contribution in [0, 0.1) is 0 Å². The second-order valence-corrected chi connectivity index (χ2v) is 4.85. The molecule has 0 atom stereocenters. The molecule has 2 rings (SSSR count). The van der Waals surface area contributed by atoms with E-state index in [-0.39, 0.29) is 24.0 Å². The molecule has 0 saturated heterocycles. The van der Waals surface area contributed by atoms with Crippen LogP contribution >= 0.6 is 35.6 Å². The third-order valence-corrected chi connectivity index (χ3v) is 3.16. The monoisotopic (exact) mass is 434 g/mol. The molecule has 2 aromatic rings. The van der Waals surface area contributed by atoms with Gasteiger partial charge >= 0.3 is 0 Å². The molecule has 2 aromatic heterocycles. The Labute approximate surface area is 152 Å². The molecule has 2 N–H and O–H groups in total. The van der Waals surface area contributed by atoms with Crippen LogP contribution in [0.15, 0.2) is 42.0 Å². The molecule has 0 aliphatic carbocycles. The average molecular weight is 435 g/mol. The summed E-state index contributed by atoms with van der Waals surface area (Å²) in [6, 6.07) is 3.78. The molecule has 0 aliphatic rings. The van der Waals surface area contributed by atoms with E-state index in [1.807, 2.05) is 16.8 Å². The van der Waals surface area contributed by atoms with Crippen molar-refractivity contribution in [1.29, 1.82) is 0 Å². The van der Waals surface area contributed by atoms with Gasteiger partial charge in [0.2, 0.25) is 0 Å². The zero-order chi connectivity index (χ0) is 14.9. The van der Waals surface area contributed by atoms with Gasteiger partial charge in [0.05, 0.1) is 6.33 Å². The molecule has 6 nitrogen and oxygen atoms in total. The van der Waals surface area contributed by atoms with Crippen LogP contribution in [0.25, 0.3) is 0 Å². The van der Waals surface area contributed by atoms with E-state index in [4.69, 9.17) is 11.6 Å². The van der Waals surface area contributed by atoms with Gasteiger partial charge in [-0.05, 0) is 18.1 Å². The first-order chi connectivity index (χ1) is 10.3. The Kier molecular flexibility index (Phi) is 8.83. The third-order valence-electron chi connectivity index (χ3n) is 2.94. The topological polar surface area (TPSA) is 67.1 Å². The Morgan fingerprint density at radius 1 is 1.32 bits per heavy atom. The van der Waals surface area contributed by atoms with E-state index >= 15 is 0 Å². The molecule has 0 bridgehead atoms. The van der Waals surface area contributed by atoms with Crippen LogP contribution in [-0.2, 0) is 13.0 Å². The molecule has 0 spiro atoms. The van der Waals surface area contributed by atoms with E-state index < -0.39 is 0 Å². The van der Waals surface area contributed by atoms with Gasteiger partial charge in [-0.3, -0.25) is 4.99 Å². The number of hydrogen-bond acceptors (Lipinski definition) is 3. The third kappa shape index (κ3) is 6.61. The number of nitrogens with zero attached hydrogens (tertiary/aromatic N) is 4. The van der Waals surface area contributed by atoms with Crippen molar-refractivity contribution in [3.05, 3.63) is 47.8 Å². The number of hydrogen-bond donors (Lipinski definition) is 2. The van der Waals surface area contributed by atoms with Gasteiger partial charge < -0.3 is 15.2 Å². The summed E-state index contributed by atoms with van der Waals surface area (Å²) in [5, 5.41) is 7.04. The molecule has 22 heavy (non-hydrogen) atoms. The highest BCUT2D eigenvalue weighted by atomic mass is 127. The van der Waals surface area contributed by atoms with Gasteiger partial charge in [-0.15, -0.1) is 24.0 Å². The van der Waals surface area contributed by atoms with Crippen LogP contribution in [0.5, 0.6) is 0 Å². The predicted octanol–water partition coefficient (Wildman–Crippen LogP) is 1.96. The molecular formula is C14H20ClIN6. The van der Waals surface area contributed by atoms with Crippen LogP contribution in [0.3, 0.4) is 0 Å². The van der Waals surface area contributed by atoms with Gasteiger partial charge in [0.15, 0.2) is 5.96 Å². The number of rotatable bonds is 6. The second kappa shape index (κ2) is 10.4. The van der Waals surface area contributed by atoms with Gasteiger partial charge in [-0.1, -0.05) is 17.7 Å². The van der Waals surface area contributed by atoms with E-state index in [0.29, 0.717) is 5.15 Å². The molecule has 0 fully saturated rings. The molecule has 0 radical (unpaired) electrons. The van der Waals surface area contributed by atoms with Crippen molar-refractivity contribution >= 4 is 41.5 Å². The Morgan fingerprint density at radius 3 is 2.77 bits per heavy atom. The lowest BCUT2D eigenvalue weighted by molar-refractivity contribution is 0.661. The maximum Gasteiger partial charge on any atom is 0.191 e. The zero-order valence-electron chi connectivity index (χ0n) is 12.4. The van der Waals surface area contributed by atoms with Crippen molar-refractivity contribution in [1.82, 2.24) is 25.2 Å². The van der Waals surface area contributed by atoms with Gasteiger partial charge in [0.25, 0.3) is 0 Å². The van der Waals surface area contributed by atoms with E-state index in [2.05, 4.69) is 25.6 Å². The first kappa shape index (κ1) is 18.7. The number of nitrogens with one attached hydrogen (secondary N) is 2. The maximum atomic E-state index is 5.76. The average Bonchev–Trinajstić information content (AvgIpc) is 3.01. The molecule has 0 amide bonds.